The van der Waals surface area contributed by atoms with Gasteiger partial charge in [-0.25, -0.2) is 5.43 Å². The fraction of sp³-hybridized carbons (Fsp3) is 0.182. The summed E-state index contributed by atoms with van der Waals surface area (Å²) in [5.41, 5.74) is 4.32. The minimum atomic E-state index is -0.144. The van der Waals surface area contributed by atoms with Gasteiger partial charge < -0.3 is 9.84 Å². The van der Waals surface area contributed by atoms with Crippen LogP contribution in [0.1, 0.15) is 11.1 Å². The van der Waals surface area contributed by atoms with Gasteiger partial charge in [0.15, 0.2) is 0 Å². The van der Waals surface area contributed by atoms with E-state index in [4.69, 9.17) is 4.74 Å². The number of ether oxygens (including phenoxy) is 1. The minimum absolute atomic E-state index is 0.0293. The standard InChI is InChI=1S/C22H22N2O3S/c25-15-18-7-9-19-12-17(6-8-20(19)13-18)14-23-24-22(26)16-28-11-10-27-21-4-2-1-3-5-21/h1-9,12-14,25H,10-11,15-16H2,(H,24,26)/b23-14+. The van der Waals surface area contributed by atoms with E-state index in [-0.39, 0.29) is 12.5 Å². The highest BCUT2D eigenvalue weighted by molar-refractivity contribution is 7.99. The van der Waals surface area contributed by atoms with Crippen LogP contribution in [0, 0.1) is 0 Å². The van der Waals surface area contributed by atoms with Gasteiger partial charge >= 0.3 is 0 Å². The van der Waals surface area contributed by atoms with Crippen molar-refractivity contribution in [1.29, 1.82) is 0 Å². The lowest BCUT2D eigenvalue weighted by Gasteiger charge is -2.05. The van der Waals surface area contributed by atoms with Crippen LogP contribution in [-0.2, 0) is 11.4 Å². The molecule has 1 amide bonds. The topological polar surface area (TPSA) is 70.9 Å². The number of hydrogen-bond acceptors (Lipinski definition) is 5. The third kappa shape index (κ3) is 6.11. The van der Waals surface area contributed by atoms with Gasteiger partial charge in [0.05, 0.1) is 25.2 Å². The second kappa shape index (κ2) is 10.5. The first-order valence-electron chi connectivity index (χ1n) is 8.95. The molecule has 0 bridgehead atoms. The van der Waals surface area contributed by atoms with Crippen LogP contribution in [-0.4, -0.2) is 35.3 Å². The van der Waals surface area contributed by atoms with E-state index in [2.05, 4.69) is 10.5 Å². The number of nitrogens with one attached hydrogen (secondary N) is 1. The van der Waals surface area contributed by atoms with Crippen LogP contribution >= 0.6 is 11.8 Å². The van der Waals surface area contributed by atoms with Crippen LogP contribution in [0.2, 0.25) is 0 Å². The quantitative estimate of drug-likeness (QED) is 0.331. The number of aliphatic hydroxyl groups is 1. The van der Waals surface area contributed by atoms with Crippen molar-refractivity contribution in [2.24, 2.45) is 5.10 Å². The molecular formula is C22H22N2O3S. The number of benzene rings is 3. The second-order valence-corrected chi connectivity index (χ2v) is 7.21. The van der Waals surface area contributed by atoms with Crippen molar-refractivity contribution < 1.29 is 14.6 Å². The Morgan fingerprint density at radius 3 is 2.68 bits per heavy atom. The lowest BCUT2D eigenvalue weighted by Crippen LogP contribution is -2.20. The lowest BCUT2D eigenvalue weighted by molar-refractivity contribution is -0.118. The molecule has 0 spiro atoms. The Kier molecular flexibility index (Phi) is 7.46. The average Bonchev–Trinajstić information content (AvgIpc) is 2.74. The van der Waals surface area contributed by atoms with Crippen LogP contribution < -0.4 is 10.2 Å². The Morgan fingerprint density at radius 2 is 1.86 bits per heavy atom. The summed E-state index contributed by atoms with van der Waals surface area (Å²) in [7, 11) is 0. The molecule has 0 fully saturated rings. The van der Waals surface area contributed by atoms with Gasteiger partial charge in [-0.1, -0.05) is 42.5 Å². The molecule has 28 heavy (non-hydrogen) atoms. The molecule has 3 aromatic carbocycles. The molecule has 0 atom stereocenters. The normalized spacial score (nSPS) is 11.0. The van der Waals surface area contributed by atoms with E-state index in [0.717, 1.165) is 33.4 Å². The van der Waals surface area contributed by atoms with Crippen LogP contribution in [0.25, 0.3) is 10.8 Å². The molecule has 0 aromatic heterocycles. The summed E-state index contributed by atoms with van der Waals surface area (Å²) >= 11 is 1.50. The van der Waals surface area contributed by atoms with Gasteiger partial charge in [0, 0.05) is 5.75 Å². The molecule has 2 N–H and O–H groups in total. The van der Waals surface area contributed by atoms with Crippen LogP contribution in [0.15, 0.2) is 71.8 Å². The zero-order valence-electron chi connectivity index (χ0n) is 15.4. The number of amides is 1. The van der Waals surface area contributed by atoms with Gasteiger partial charge in [0.1, 0.15) is 5.75 Å². The Labute approximate surface area is 168 Å². The molecule has 0 radical (unpaired) electrons. The van der Waals surface area contributed by atoms with E-state index in [9.17, 15) is 9.90 Å². The number of carbonyl (C=O) groups is 1. The van der Waals surface area contributed by atoms with Crippen molar-refractivity contribution in [2.45, 2.75) is 6.61 Å². The van der Waals surface area contributed by atoms with Crippen molar-refractivity contribution in [3.63, 3.8) is 0 Å². The maximum absolute atomic E-state index is 11.8. The third-order valence-corrected chi connectivity index (χ3v) is 4.91. The molecule has 0 heterocycles. The number of para-hydroxylation sites is 1. The number of rotatable bonds is 9. The number of thioether (sulfide) groups is 1. The van der Waals surface area contributed by atoms with Gasteiger partial charge in [-0.15, -0.1) is 11.8 Å². The van der Waals surface area contributed by atoms with Crippen molar-refractivity contribution in [3.8, 4) is 5.75 Å². The fourth-order valence-electron chi connectivity index (χ4n) is 2.60. The van der Waals surface area contributed by atoms with E-state index >= 15 is 0 Å². The Morgan fingerprint density at radius 1 is 1.07 bits per heavy atom. The molecule has 0 saturated carbocycles. The van der Waals surface area contributed by atoms with E-state index in [1.54, 1.807) is 6.21 Å². The summed E-state index contributed by atoms with van der Waals surface area (Å²) in [6, 6.07) is 21.3. The molecule has 0 aliphatic rings. The monoisotopic (exact) mass is 394 g/mol. The summed E-state index contributed by atoms with van der Waals surface area (Å²) < 4.78 is 5.58. The molecule has 0 aliphatic carbocycles. The van der Waals surface area contributed by atoms with Crippen molar-refractivity contribution in [3.05, 3.63) is 77.9 Å². The maximum Gasteiger partial charge on any atom is 0.250 e. The second-order valence-electron chi connectivity index (χ2n) is 6.11. The number of aliphatic hydroxyl groups excluding tert-OH is 1. The maximum atomic E-state index is 11.8. The van der Waals surface area contributed by atoms with E-state index in [1.165, 1.54) is 11.8 Å². The van der Waals surface area contributed by atoms with Crippen molar-refractivity contribution in [2.75, 3.05) is 18.1 Å². The van der Waals surface area contributed by atoms with Crippen molar-refractivity contribution in [1.82, 2.24) is 5.43 Å². The summed E-state index contributed by atoms with van der Waals surface area (Å²) in [6.45, 7) is 0.585. The molecule has 0 aliphatic heterocycles. The highest BCUT2D eigenvalue weighted by Gasteiger charge is 2.01. The SMILES string of the molecule is O=C(CSCCOc1ccccc1)N/N=C/c1ccc2cc(CO)ccc2c1. The van der Waals surface area contributed by atoms with Crippen LogP contribution in [0.3, 0.4) is 0 Å². The van der Waals surface area contributed by atoms with Gasteiger partial charge in [0.25, 0.3) is 0 Å². The fourth-order valence-corrected chi connectivity index (χ4v) is 3.20. The number of nitrogens with zero attached hydrogens (tertiary/aromatic N) is 1. The van der Waals surface area contributed by atoms with E-state index in [1.807, 2.05) is 66.7 Å². The lowest BCUT2D eigenvalue weighted by atomic mass is 10.0. The largest absolute Gasteiger partial charge is 0.493 e. The predicted octanol–water partition coefficient (Wildman–Crippen LogP) is 3.59. The summed E-state index contributed by atoms with van der Waals surface area (Å²) in [4.78, 5) is 11.8. The highest BCUT2D eigenvalue weighted by atomic mass is 32.2. The van der Waals surface area contributed by atoms with Crippen molar-refractivity contribution >= 4 is 34.7 Å². The van der Waals surface area contributed by atoms with Gasteiger partial charge in [0.2, 0.25) is 5.91 Å². The van der Waals surface area contributed by atoms with E-state index < -0.39 is 0 Å². The molecule has 0 unspecified atom stereocenters. The zero-order chi connectivity index (χ0) is 19.6. The van der Waals surface area contributed by atoms with Gasteiger partial charge in [-0.3, -0.25) is 4.79 Å². The molecule has 144 valence electrons. The molecule has 3 aromatic rings. The van der Waals surface area contributed by atoms with E-state index in [0.29, 0.717) is 12.4 Å². The van der Waals surface area contributed by atoms with Gasteiger partial charge in [-0.05, 0) is 46.2 Å². The van der Waals surface area contributed by atoms with Crippen LogP contribution in [0.4, 0.5) is 0 Å². The third-order valence-electron chi connectivity index (χ3n) is 3.99. The molecule has 6 heteroatoms. The Hall–Kier alpha value is -2.83. The number of carbonyl (C=O) groups excluding carboxylic acids is 1. The first-order valence-corrected chi connectivity index (χ1v) is 10.1. The number of hydrogen-bond donors (Lipinski definition) is 2. The average molecular weight is 394 g/mol. The predicted molar refractivity (Wildman–Crippen MR) is 115 cm³/mol. The number of fused-ring (bicyclic) bond motifs is 1. The summed E-state index contributed by atoms with van der Waals surface area (Å²) in [6.07, 6.45) is 1.63. The minimum Gasteiger partial charge on any atom is -0.493 e. The smallest absolute Gasteiger partial charge is 0.250 e. The summed E-state index contributed by atoms with van der Waals surface area (Å²) in [5, 5.41) is 15.3. The molecular weight excluding hydrogens is 372 g/mol. The Balaban J connectivity index is 1.39. The van der Waals surface area contributed by atoms with Crippen LogP contribution in [0.5, 0.6) is 5.75 Å². The highest BCUT2D eigenvalue weighted by Crippen LogP contribution is 2.17. The molecule has 0 saturated heterocycles. The first-order chi connectivity index (χ1) is 13.7. The number of hydrazone groups is 1. The Bertz CT molecular complexity index is 945. The molecule has 3 rings (SSSR count). The summed E-state index contributed by atoms with van der Waals surface area (Å²) in [5.74, 6) is 1.75. The first kappa shape index (κ1) is 19.9. The molecule has 5 nitrogen and oxygen atoms in total. The zero-order valence-corrected chi connectivity index (χ0v) is 16.2. The van der Waals surface area contributed by atoms with Gasteiger partial charge in [-0.2, -0.15) is 5.10 Å².